The number of rotatable bonds is 0. The summed E-state index contributed by atoms with van der Waals surface area (Å²) in [6.07, 6.45) is 6.66. The Balaban J connectivity index is 2.56. The standard InChI is InChI=1S/C15H18S/c1-6-11-7-8-12-13(9-11)16-15(4,5)10-14(12,2)3/h1,7-9H,10H2,2-5H3. The molecule has 84 valence electrons. The number of thioether (sulfide) groups is 1. The number of hydrogen-bond donors (Lipinski definition) is 0. The zero-order valence-electron chi connectivity index (χ0n) is 10.4. The molecule has 0 atom stereocenters. The van der Waals surface area contributed by atoms with Crippen molar-refractivity contribution in [2.45, 2.75) is 49.2 Å². The molecule has 16 heavy (non-hydrogen) atoms. The van der Waals surface area contributed by atoms with Crippen LogP contribution in [-0.2, 0) is 5.41 Å². The summed E-state index contributed by atoms with van der Waals surface area (Å²) in [7, 11) is 0. The molecule has 0 aliphatic carbocycles. The van der Waals surface area contributed by atoms with E-state index in [2.05, 4.69) is 51.8 Å². The van der Waals surface area contributed by atoms with Crippen molar-refractivity contribution in [2.75, 3.05) is 0 Å². The maximum absolute atomic E-state index is 5.46. The second kappa shape index (κ2) is 3.57. The van der Waals surface area contributed by atoms with Gasteiger partial charge in [-0.15, -0.1) is 18.2 Å². The highest BCUT2D eigenvalue weighted by Crippen LogP contribution is 2.50. The first-order valence-corrected chi connectivity index (χ1v) is 6.46. The zero-order valence-corrected chi connectivity index (χ0v) is 11.2. The third-order valence-electron chi connectivity index (χ3n) is 3.13. The fraction of sp³-hybridized carbons (Fsp3) is 0.467. The van der Waals surface area contributed by atoms with Crippen LogP contribution in [0.25, 0.3) is 0 Å². The summed E-state index contributed by atoms with van der Waals surface area (Å²) < 4.78 is 0.295. The van der Waals surface area contributed by atoms with Gasteiger partial charge >= 0.3 is 0 Å². The van der Waals surface area contributed by atoms with Gasteiger partial charge in [0.2, 0.25) is 0 Å². The lowest BCUT2D eigenvalue weighted by molar-refractivity contribution is 0.408. The fourth-order valence-electron chi connectivity index (χ4n) is 2.75. The number of terminal acetylenes is 1. The zero-order chi connectivity index (χ0) is 12.0. The van der Waals surface area contributed by atoms with E-state index in [1.807, 2.05) is 11.8 Å². The first-order chi connectivity index (χ1) is 7.34. The van der Waals surface area contributed by atoms with Gasteiger partial charge in [0.25, 0.3) is 0 Å². The molecule has 0 nitrogen and oxygen atoms in total. The Kier molecular flexibility index (Phi) is 2.59. The van der Waals surface area contributed by atoms with Crippen molar-refractivity contribution in [3.63, 3.8) is 0 Å². The van der Waals surface area contributed by atoms with Crippen LogP contribution in [0.15, 0.2) is 23.1 Å². The van der Waals surface area contributed by atoms with Crippen molar-refractivity contribution in [1.29, 1.82) is 0 Å². The van der Waals surface area contributed by atoms with E-state index in [0.717, 1.165) is 5.56 Å². The number of hydrogen-bond acceptors (Lipinski definition) is 1. The van der Waals surface area contributed by atoms with E-state index in [9.17, 15) is 0 Å². The fourth-order valence-corrected chi connectivity index (χ4v) is 4.42. The lowest BCUT2D eigenvalue weighted by atomic mass is 9.77. The average Bonchev–Trinajstić information content (AvgIpc) is 2.13. The van der Waals surface area contributed by atoms with Gasteiger partial charge in [0.1, 0.15) is 0 Å². The molecule has 1 aliphatic heterocycles. The highest BCUT2D eigenvalue weighted by Gasteiger charge is 2.37. The van der Waals surface area contributed by atoms with E-state index >= 15 is 0 Å². The third kappa shape index (κ3) is 1.99. The van der Waals surface area contributed by atoms with E-state index in [1.165, 1.54) is 16.9 Å². The van der Waals surface area contributed by atoms with Gasteiger partial charge < -0.3 is 0 Å². The predicted octanol–water partition coefficient (Wildman–Crippen LogP) is 4.22. The molecule has 0 N–H and O–H groups in total. The van der Waals surface area contributed by atoms with E-state index in [-0.39, 0.29) is 5.41 Å². The van der Waals surface area contributed by atoms with E-state index in [1.54, 1.807) is 0 Å². The Morgan fingerprint density at radius 2 is 1.94 bits per heavy atom. The molecule has 0 amide bonds. The summed E-state index contributed by atoms with van der Waals surface area (Å²) in [6.45, 7) is 9.27. The second-order valence-corrected chi connectivity index (χ2v) is 7.53. The Morgan fingerprint density at radius 1 is 1.25 bits per heavy atom. The molecule has 0 unspecified atom stereocenters. The SMILES string of the molecule is C#Cc1ccc2c(c1)SC(C)(C)CC2(C)C. The second-order valence-electron chi connectivity index (χ2n) is 5.78. The number of fused-ring (bicyclic) bond motifs is 1. The lowest BCUT2D eigenvalue weighted by Crippen LogP contribution is -2.33. The largest absolute Gasteiger partial charge is 0.120 e. The molecule has 0 aromatic heterocycles. The number of benzene rings is 1. The molecule has 1 heteroatoms. The minimum Gasteiger partial charge on any atom is -0.120 e. The molecule has 2 rings (SSSR count). The van der Waals surface area contributed by atoms with Crippen LogP contribution in [0.3, 0.4) is 0 Å². The minimum atomic E-state index is 0.247. The van der Waals surface area contributed by atoms with Gasteiger partial charge in [-0.2, -0.15) is 0 Å². The normalized spacial score (nSPS) is 20.9. The molecule has 0 saturated heterocycles. The molecule has 1 aliphatic rings. The minimum absolute atomic E-state index is 0.247. The molecule has 0 bridgehead atoms. The first-order valence-electron chi connectivity index (χ1n) is 5.64. The smallest absolute Gasteiger partial charge is 0.0253 e. The van der Waals surface area contributed by atoms with E-state index < -0.39 is 0 Å². The molecule has 0 radical (unpaired) electrons. The molecular formula is C15H18S. The van der Waals surface area contributed by atoms with E-state index in [0.29, 0.717) is 4.75 Å². The van der Waals surface area contributed by atoms with Crippen molar-refractivity contribution >= 4 is 11.8 Å². The van der Waals surface area contributed by atoms with Gasteiger partial charge in [-0.3, -0.25) is 0 Å². The van der Waals surface area contributed by atoms with Crippen LogP contribution in [0.2, 0.25) is 0 Å². The molecule has 1 aromatic carbocycles. The maximum atomic E-state index is 5.46. The first kappa shape index (κ1) is 11.6. The van der Waals surface area contributed by atoms with Crippen LogP contribution in [-0.4, -0.2) is 4.75 Å². The van der Waals surface area contributed by atoms with Crippen molar-refractivity contribution in [3.05, 3.63) is 29.3 Å². The molecule has 0 saturated carbocycles. The molecule has 1 aromatic rings. The molecule has 0 fully saturated rings. The maximum Gasteiger partial charge on any atom is 0.0253 e. The van der Waals surface area contributed by atoms with Crippen molar-refractivity contribution in [3.8, 4) is 12.3 Å². The topological polar surface area (TPSA) is 0 Å². The highest BCUT2D eigenvalue weighted by molar-refractivity contribution is 8.00. The summed E-state index contributed by atoms with van der Waals surface area (Å²) >= 11 is 1.95. The third-order valence-corrected chi connectivity index (χ3v) is 4.39. The van der Waals surface area contributed by atoms with Crippen LogP contribution in [0.5, 0.6) is 0 Å². The van der Waals surface area contributed by atoms with Gasteiger partial charge in [-0.05, 0) is 29.5 Å². The Labute approximate surface area is 103 Å². The highest BCUT2D eigenvalue weighted by atomic mass is 32.2. The molecule has 1 heterocycles. The van der Waals surface area contributed by atoms with Crippen molar-refractivity contribution in [1.82, 2.24) is 0 Å². The van der Waals surface area contributed by atoms with Gasteiger partial charge in [0, 0.05) is 15.2 Å². The monoisotopic (exact) mass is 230 g/mol. The Bertz CT molecular complexity index is 461. The Hall–Kier alpha value is -0.870. The van der Waals surface area contributed by atoms with Crippen LogP contribution in [0.1, 0.15) is 45.2 Å². The summed E-state index contributed by atoms with van der Waals surface area (Å²) in [4.78, 5) is 1.36. The lowest BCUT2D eigenvalue weighted by Gasteiger charge is -2.41. The van der Waals surface area contributed by atoms with E-state index in [4.69, 9.17) is 6.42 Å². The van der Waals surface area contributed by atoms with Gasteiger partial charge in [0.05, 0.1) is 0 Å². The summed E-state index contributed by atoms with van der Waals surface area (Å²) in [6, 6.07) is 6.41. The van der Waals surface area contributed by atoms with Gasteiger partial charge in [-0.25, -0.2) is 0 Å². The summed E-state index contributed by atoms with van der Waals surface area (Å²) in [5.74, 6) is 2.72. The van der Waals surface area contributed by atoms with Crippen LogP contribution in [0.4, 0.5) is 0 Å². The molecule has 0 spiro atoms. The average molecular weight is 230 g/mol. The molecular weight excluding hydrogens is 212 g/mol. The van der Waals surface area contributed by atoms with Crippen LogP contribution < -0.4 is 0 Å². The van der Waals surface area contributed by atoms with Crippen molar-refractivity contribution in [2.24, 2.45) is 0 Å². The summed E-state index contributed by atoms with van der Waals surface area (Å²) in [5, 5.41) is 0. The van der Waals surface area contributed by atoms with Crippen LogP contribution in [0, 0.1) is 12.3 Å². The van der Waals surface area contributed by atoms with Crippen LogP contribution >= 0.6 is 11.8 Å². The Morgan fingerprint density at radius 3 is 2.56 bits per heavy atom. The quantitative estimate of drug-likeness (QED) is 0.601. The van der Waals surface area contributed by atoms with Gasteiger partial charge in [0.15, 0.2) is 0 Å². The summed E-state index contributed by atoms with van der Waals surface area (Å²) in [5.41, 5.74) is 2.67. The predicted molar refractivity (Wildman–Crippen MR) is 72.0 cm³/mol. The van der Waals surface area contributed by atoms with Crippen molar-refractivity contribution < 1.29 is 0 Å². The van der Waals surface area contributed by atoms with Gasteiger partial charge in [-0.1, -0.05) is 39.7 Å².